The highest BCUT2D eigenvalue weighted by atomic mass is 35.5. The van der Waals surface area contributed by atoms with E-state index in [0.29, 0.717) is 34.7 Å². The van der Waals surface area contributed by atoms with E-state index in [1.54, 1.807) is 12.1 Å². The summed E-state index contributed by atoms with van der Waals surface area (Å²) in [6.07, 6.45) is 3.23. The Bertz CT molecular complexity index is 957. The molecule has 2 heterocycles. The molecular formula is C24H27Cl2N3O3. The number of carbonyl (C=O) groups is 2. The molecule has 0 aliphatic carbocycles. The predicted octanol–water partition coefficient (Wildman–Crippen LogP) is 3.87. The maximum Gasteiger partial charge on any atom is 0.251 e. The van der Waals surface area contributed by atoms with Crippen molar-refractivity contribution in [2.45, 2.75) is 31.4 Å². The van der Waals surface area contributed by atoms with Crippen molar-refractivity contribution in [2.24, 2.45) is 0 Å². The van der Waals surface area contributed by atoms with Crippen molar-refractivity contribution in [3.8, 4) is 5.75 Å². The zero-order valence-electron chi connectivity index (χ0n) is 17.8. The van der Waals surface area contributed by atoms with E-state index in [4.69, 9.17) is 27.9 Å². The van der Waals surface area contributed by atoms with Crippen molar-refractivity contribution >= 4 is 35.0 Å². The fourth-order valence-electron chi connectivity index (χ4n) is 4.36. The Kier molecular flexibility index (Phi) is 7.55. The van der Waals surface area contributed by atoms with Crippen LogP contribution in [0.1, 0.15) is 29.6 Å². The first-order valence-electron chi connectivity index (χ1n) is 11.0. The summed E-state index contributed by atoms with van der Waals surface area (Å²) in [5.41, 5.74) is 0.379. The van der Waals surface area contributed by atoms with Crippen molar-refractivity contribution < 1.29 is 14.3 Å². The average molecular weight is 476 g/mol. The Balaban J connectivity index is 1.25. The molecule has 2 unspecified atom stereocenters. The van der Waals surface area contributed by atoms with E-state index in [0.717, 1.165) is 38.1 Å². The zero-order valence-corrected chi connectivity index (χ0v) is 19.3. The van der Waals surface area contributed by atoms with Crippen LogP contribution < -0.4 is 10.1 Å². The molecule has 0 spiro atoms. The topological polar surface area (TPSA) is 61.9 Å². The largest absolute Gasteiger partial charge is 0.489 e. The first-order chi connectivity index (χ1) is 15.5. The number of nitrogens with one attached hydrogen (secondary N) is 1. The van der Waals surface area contributed by atoms with Gasteiger partial charge in [-0.2, -0.15) is 0 Å². The van der Waals surface area contributed by atoms with E-state index in [2.05, 4.69) is 10.2 Å². The first kappa shape index (κ1) is 22.9. The Morgan fingerprint density at radius 3 is 2.59 bits per heavy atom. The smallest absolute Gasteiger partial charge is 0.251 e. The highest BCUT2D eigenvalue weighted by Crippen LogP contribution is 2.24. The first-order valence-corrected chi connectivity index (χ1v) is 11.7. The molecule has 0 radical (unpaired) electrons. The number of hydrogen-bond donors (Lipinski definition) is 1. The number of piperidine rings is 1. The van der Waals surface area contributed by atoms with Gasteiger partial charge >= 0.3 is 0 Å². The molecular weight excluding hydrogens is 449 g/mol. The molecule has 2 aromatic carbocycles. The minimum Gasteiger partial charge on any atom is -0.489 e. The Morgan fingerprint density at radius 2 is 1.81 bits per heavy atom. The quantitative estimate of drug-likeness (QED) is 0.688. The summed E-state index contributed by atoms with van der Waals surface area (Å²) < 4.78 is 6.15. The number of ether oxygens (including phenoxy) is 1. The van der Waals surface area contributed by atoms with Gasteiger partial charge in [0, 0.05) is 31.2 Å². The number of carbonyl (C=O) groups excluding carboxylic acids is 2. The number of benzene rings is 2. The second kappa shape index (κ2) is 10.6. The van der Waals surface area contributed by atoms with Crippen LogP contribution in [-0.2, 0) is 4.79 Å². The lowest BCUT2D eigenvalue weighted by molar-refractivity contribution is -0.129. The van der Waals surface area contributed by atoms with Gasteiger partial charge in [-0.05, 0) is 56.1 Å². The summed E-state index contributed by atoms with van der Waals surface area (Å²) in [6, 6.07) is 14.9. The molecule has 2 saturated heterocycles. The van der Waals surface area contributed by atoms with Crippen LogP contribution in [0.3, 0.4) is 0 Å². The van der Waals surface area contributed by atoms with E-state index in [1.165, 1.54) is 6.07 Å². The number of likely N-dealkylation sites (tertiary alicyclic amines) is 2. The average Bonchev–Trinajstić information content (AvgIpc) is 3.30. The monoisotopic (exact) mass is 475 g/mol. The molecule has 2 fully saturated rings. The second-order valence-electron chi connectivity index (χ2n) is 8.28. The van der Waals surface area contributed by atoms with Gasteiger partial charge in [-0.1, -0.05) is 41.4 Å². The molecule has 2 aliphatic rings. The maximum atomic E-state index is 12.7. The van der Waals surface area contributed by atoms with Gasteiger partial charge in [0.1, 0.15) is 11.9 Å². The highest BCUT2D eigenvalue weighted by molar-refractivity contribution is 6.42. The molecule has 0 saturated carbocycles. The maximum absolute atomic E-state index is 12.7. The summed E-state index contributed by atoms with van der Waals surface area (Å²) in [4.78, 5) is 29.3. The van der Waals surface area contributed by atoms with Crippen LogP contribution in [-0.4, -0.2) is 66.5 Å². The summed E-state index contributed by atoms with van der Waals surface area (Å²) in [6.45, 7) is 3.24. The van der Waals surface area contributed by atoms with Crippen LogP contribution in [0.15, 0.2) is 48.5 Å². The summed E-state index contributed by atoms with van der Waals surface area (Å²) >= 11 is 11.9. The van der Waals surface area contributed by atoms with Crippen molar-refractivity contribution in [1.29, 1.82) is 0 Å². The Labute approximate surface area is 198 Å². The van der Waals surface area contributed by atoms with Crippen LogP contribution in [0, 0.1) is 0 Å². The van der Waals surface area contributed by atoms with Gasteiger partial charge in [0.05, 0.1) is 16.6 Å². The summed E-state index contributed by atoms with van der Waals surface area (Å²) in [7, 11) is 0. The molecule has 6 nitrogen and oxygen atoms in total. The second-order valence-corrected chi connectivity index (χ2v) is 9.10. The van der Waals surface area contributed by atoms with Crippen molar-refractivity contribution in [3.05, 3.63) is 64.1 Å². The van der Waals surface area contributed by atoms with Crippen molar-refractivity contribution in [3.63, 3.8) is 0 Å². The normalized spacial score (nSPS) is 21.4. The van der Waals surface area contributed by atoms with Crippen molar-refractivity contribution in [1.82, 2.24) is 15.1 Å². The molecule has 2 amide bonds. The summed E-state index contributed by atoms with van der Waals surface area (Å²) in [5, 5.41) is 3.38. The SMILES string of the molecule is O=C(NCC(=O)N1CCC(N2CCCC(Oc3ccccc3)C2)C1)c1ccc(Cl)c(Cl)c1. The lowest BCUT2D eigenvalue weighted by Gasteiger charge is -2.36. The molecule has 1 N–H and O–H groups in total. The fraction of sp³-hybridized carbons (Fsp3) is 0.417. The van der Waals surface area contributed by atoms with E-state index in [-0.39, 0.29) is 24.5 Å². The van der Waals surface area contributed by atoms with Crippen LogP contribution in [0.5, 0.6) is 5.75 Å². The van der Waals surface area contributed by atoms with Gasteiger partial charge in [0.25, 0.3) is 5.91 Å². The van der Waals surface area contributed by atoms with Gasteiger partial charge < -0.3 is 15.0 Å². The molecule has 8 heteroatoms. The van der Waals surface area contributed by atoms with E-state index >= 15 is 0 Å². The van der Waals surface area contributed by atoms with E-state index in [1.807, 2.05) is 35.2 Å². The van der Waals surface area contributed by atoms with Gasteiger partial charge in [-0.3, -0.25) is 14.5 Å². The Morgan fingerprint density at radius 1 is 1.00 bits per heavy atom. The number of para-hydroxylation sites is 1. The van der Waals surface area contributed by atoms with Crippen molar-refractivity contribution in [2.75, 3.05) is 32.7 Å². The Hall–Kier alpha value is -2.28. The molecule has 0 bridgehead atoms. The number of nitrogens with zero attached hydrogens (tertiary/aromatic N) is 2. The molecule has 0 aromatic heterocycles. The van der Waals surface area contributed by atoms with Gasteiger partial charge in [-0.25, -0.2) is 0 Å². The van der Waals surface area contributed by atoms with E-state index < -0.39 is 0 Å². The van der Waals surface area contributed by atoms with Gasteiger partial charge in [0.15, 0.2) is 0 Å². The van der Waals surface area contributed by atoms with E-state index in [9.17, 15) is 9.59 Å². The number of rotatable bonds is 6. The minimum atomic E-state index is -0.343. The molecule has 2 aromatic rings. The molecule has 2 atom stereocenters. The van der Waals surface area contributed by atoms with Gasteiger partial charge in [-0.15, -0.1) is 0 Å². The lowest BCUT2D eigenvalue weighted by Crippen LogP contribution is -2.48. The fourth-order valence-corrected chi connectivity index (χ4v) is 4.66. The van der Waals surface area contributed by atoms with Crippen LogP contribution in [0.25, 0.3) is 0 Å². The molecule has 170 valence electrons. The third-order valence-electron chi connectivity index (χ3n) is 6.07. The molecule has 2 aliphatic heterocycles. The van der Waals surface area contributed by atoms with Crippen LogP contribution >= 0.6 is 23.2 Å². The minimum absolute atomic E-state index is 0.0362. The number of halogens is 2. The zero-order chi connectivity index (χ0) is 22.5. The van der Waals surface area contributed by atoms with Crippen LogP contribution in [0.4, 0.5) is 0 Å². The highest BCUT2D eigenvalue weighted by Gasteiger charge is 2.33. The third kappa shape index (κ3) is 5.74. The predicted molar refractivity (Wildman–Crippen MR) is 125 cm³/mol. The summed E-state index contributed by atoms with van der Waals surface area (Å²) in [5.74, 6) is 0.486. The standard InChI is InChI=1S/C24H27Cl2N3O3/c25-21-9-8-17(13-22(21)26)24(31)27-14-23(30)29-12-10-18(15-29)28-11-4-7-20(16-28)32-19-5-2-1-3-6-19/h1-3,5-6,8-9,13,18,20H,4,7,10-12,14-16H2,(H,27,31). The van der Waals surface area contributed by atoms with Crippen LogP contribution in [0.2, 0.25) is 10.0 Å². The third-order valence-corrected chi connectivity index (χ3v) is 6.81. The molecule has 32 heavy (non-hydrogen) atoms. The molecule has 4 rings (SSSR count). The number of hydrogen-bond acceptors (Lipinski definition) is 4. The lowest BCUT2D eigenvalue weighted by atomic mass is 10.1. The van der Waals surface area contributed by atoms with Gasteiger partial charge in [0.2, 0.25) is 5.91 Å². The number of amides is 2.